The minimum Gasteiger partial charge on any atom is -0.337 e. The molecule has 0 spiro atoms. The Kier molecular flexibility index (Phi) is 6.36. The highest BCUT2D eigenvalue weighted by Gasteiger charge is 2.36. The number of urea groups is 1. The Morgan fingerprint density at radius 1 is 1.46 bits per heavy atom. The average Bonchev–Trinajstić information content (AvgIpc) is 2.69. The van der Waals surface area contributed by atoms with Gasteiger partial charge in [0.2, 0.25) is 5.91 Å². The quantitative estimate of drug-likeness (QED) is 0.851. The minimum absolute atomic E-state index is 0.0327. The summed E-state index contributed by atoms with van der Waals surface area (Å²) >= 11 is 0. The van der Waals surface area contributed by atoms with Crippen molar-refractivity contribution in [3.63, 3.8) is 0 Å². The highest BCUT2D eigenvalue weighted by atomic mass is 32.2. The molecular formula is C17H25N3O3S. The van der Waals surface area contributed by atoms with Gasteiger partial charge in [-0.2, -0.15) is 0 Å². The van der Waals surface area contributed by atoms with Gasteiger partial charge >= 0.3 is 6.03 Å². The topological polar surface area (TPSA) is 78.5 Å². The first kappa shape index (κ1) is 18.4. The van der Waals surface area contributed by atoms with E-state index in [0.717, 1.165) is 17.7 Å². The van der Waals surface area contributed by atoms with Gasteiger partial charge in [-0.3, -0.25) is 9.00 Å². The Labute approximate surface area is 145 Å². The highest BCUT2D eigenvalue weighted by Crippen LogP contribution is 2.27. The zero-order valence-corrected chi connectivity index (χ0v) is 15.2. The molecule has 1 aliphatic heterocycles. The lowest BCUT2D eigenvalue weighted by molar-refractivity contribution is -0.121. The number of anilines is 1. The van der Waals surface area contributed by atoms with Crippen LogP contribution in [0.4, 0.5) is 10.5 Å². The fourth-order valence-corrected chi connectivity index (χ4v) is 3.19. The van der Waals surface area contributed by atoms with E-state index < -0.39 is 16.8 Å². The first-order valence-electron chi connectivity index (χ1n) is 8.17. The lowest BCUT2D eigenvalue weighted by Gasteiger charge is -2.32. The Hall–Kier alpha value is -1.89. The minimum atomic E-state index is -0.965. The second kappa shape index (κ2) is 8.28. The highest BCUT2D eigenvalue weighted by molar-refractivity contribution is 7.84. The summed E-state index contributed by atoms with van der Waals surface area (Å²) in [5.41, 5.74) is 1.66. The fraction of sp³-hybridized carbons (Fsp3) is 0.529. The number of nitrogens with one attached hydrogen (secondary N) is 2. The third kappa shape index (κ3) is 4.35. The summed E-state index contributed by atoms with van der Waals surface area (Å²) < 4.78 is 11.2. The predicted octanol–water partition coefficient (Wildman–Crippen LogP) is 1.94. The zero-order chi connectivity index (χ0) is 17.7. The van der Waals surface area contributed by atoms with E-state index in [2.05, 4.69) is 10.6 Å². The first-order valence-corrected chi connectivity index (χ1v) is 9.90. The van der Waals surface area contributed by atoms with Gasteiger partial charge in [-0.15, -0.1) is 0 Å². The smallest absolute Gasteiger partial charge is 0.318 e. The fourth-order valence-electron chi connectivity index (χ4n) is 2.80. The molecule has 1 aromatic carbocycles. The third-order valence-electron chi connectivity index (χ3n) is 4.33. The second-order valence-corrected chi connectivity index (χ2v) is 7.67. The van der Waals surface area contributed by atoms with Crippen molar-refractivity contribution in [2.24, 2.45) is 5.92 Å². The van der Waals surface area contributed by atoms with Gasteiger partial charge in [0.1, 0.15) is 6.04 Å². The summed E-state index contributed by atoms with van der Waals surface area (Å²) in [4.78, 5) is 26.9. The summed E-state index contributed by atoms with van der Waals surface area (Å²) in [6, 6.07) is 6.69. The molecule has 2 N–H and O–H groups in total. The lowest BCUT2D eigenvalue weighted by atomic mass is 9.97. The van der Waals surface area contributed by atoms with Crippen molar-refractivity contribution >= 4 is 28.4 Å². The second-order valence-electron chi connectivity index (χ2n) is 6.11. The van der Waals surface area contributed by atoms with Crippen molar-refractivity contribution in [1.82, 2.24) is 10.2 Å². The molecule has 0 aliphatic carbocycles. The Bertz CT molecular complexity index is 635. The molecule has 3 unspecified atom stereocenters. The molecule has 6 nitrogen and oxygen atoms in total. The van der Waals surface area contributed by atoms with Gasteiger partial charge < -0.3 is 15.5 Å². The maximum Gasteiger partial charge on any atom is 0.318 e. The van der Waals surface area contributed by atoms with Crippen LogP contribution >= 0.6 is 0 Å². The molecule has 0 saturated carbocycles. The number of hydrogen-bond acceptors (Lipinski definition) is 3. The van der Waals surface area contributed by atoms with Gasteiger partial charge in [0, 0.05) is 35.0 Å². The molecule has 24 heavy (non-hydrogen) atoms. The monoisotopic (exact) mass is 351 g/mol. The average molecular weight is 351 g/mol. The van der Waals surface area contributed by atoms with Crippen LogP contribution in [-0.2, 0) is 22.1 Å². The Balaban J connectivity index is 2.26. The number of carbonyl (C=O) groups is 2. The van der Waals surface area contributed by atoms with Crippen LogP contribution in [-0.4, -0.2) is 45.6 Å². The van der Waals surface area contributed by atoms with E-state index in [1.165, 1.54) is 0 Å². The molecule has 0 aromatic heterocycles. The SMILES string of the molecule is CCC(C)C1C(=O)Nc2ccccc2CN1C(=O)NCCS(C)=O. The summed E-state index contributed by atoms with van der Waals surface area (Å²) in [6.45, 7) is 4.67. The Morgan fingerprint density at radius 3 is 2.83 bits per heavy atom. The molecule has 2 rings (SSSR count). The van der Waals surface area contributed by atoms with Crippen molar-refractivity contribution in [2.75, 3.05) is 23.9 Å². The lowest BCUT2D eigenvalue weighted by Crippen LogP contribution is -2.52. The summed E-state index contributed by atoms with van der Waals surface area (Å²) in [5.74, 6) is 0.269. The summed E-state index contributed by atoms with van der Waals surface area (Å²) in [7, 11) is -0.965. The van der Waals surface area contributed by atoms with Gasteiger partial charge in [0.15, 0.2) is 0 Å². The third-order valence-corrected chi connectivity index (χ3v) is 5.11. The largest absolute Gasteiger partial charge is 0.337 e. The Morgan fingerprint density at radius 2 is 2.17 bits per heavy atom. The van der Waals surface area contributed by atoms with Crippen molar-refractivity contribution in [2.45, 2.75) is 32.9 Å². The summed E-state index contributed by atoms with van der Waals surface area (Å²) in [6.07, 6.45) is 2.39. The number of carbonyl (C=O) groups excluding carboxylic acids is 2. The van der Waals surface area contributed by atoms with E-state index in [1.807, 2.05) is 38.1 Å². The normalized spacial score (nSPS) is 19.7. The number of nitrogens with zero attached hydrogens (tertiary/aromatic N) is 1. The van der Waals surface area contributed by atoms with Gasteiger partial charge in [-0.05, 0) is 17.5 Å². The summed E-state index contributed by atoms with van der Waals surface area (Å²) in [5, 5.41) is 5.72. The van der Waals surface area contributed by atoms with Crippen LogP contribution in [0.5, 0.6) is 0 Å². The van der Waals surface area contributed by atoms with Crippen LogP contribution < -0.4 is 10.6 Å². The first-order chi connectivity index (χ1) is 11.4. The van der Waals surface area contributed by atoms with Gasteiger partial charge in [-0.25, -0.2) is 4.79 Å². The number of amides is 3. The molecule has 0 fully saturated rings. The van der Waals surface area contributed by atoms with Crippen molar-refractivity contribution in [3.8, 4) is 0 Å². The standard InChI is InChI=1S/C17H25N3O3S/c1-4-12(2)15-16(21)19-14-8-6-5-7-13(14)11-20(15)17(22)18-9-10-24(3)23/h5-8,12,15H,4,9-11H2,1-3H3,(H,18,22)(H,19,21). The number of fused-ring (bicyclic) bond motifs is 1. The van der Waals surface area contributed by atoms with Crippen molar-refractivity contribution in [1.29, 1.82) is 0 Å². The van der Waals surface area contributed by atoms with E-state index in [1.54, 1.807) is 11.2 Å². The van der Waals surface area contributed by atoms with E-state index in [9.17, 15) is 13.8 Å². The molecule has 0 saturated heterocycles. The van der Waals surface area contributed by atoms with Crippen LogP contribution in [0, 0.1) is 5.92 Å². The van der Waals surface area contributed by atoms with Crippen molar-refractivity contribution < 1.29 is 13.8 Å². The number of para-hydroxylation sites is 1. The maximum atomic E-state index is 12.7. The van der Waals surface area contributed by atoms with E-state index in [0.29, 0.717) is 18.8 Å². The van der Waals surface area contributed by atoms with Crippen LogP contribution in [0.3, 0.4) is 0 Å². The molecular weight excluding hydrogens is 326 g/mol. The molecule has 7 heteroatoms. The molecule has 0 bridgehead atoms. The van der Waals surface area contributed by atoms with Crippen LogP contribution in [0.15, 0.2) is 24.3 Å². The van der Waals surface area contributed by atoms with E-state index in [-0.39, 0.29) is 17.9 Å². The molecule has 1 heterocycles. The molecule has 1 aromatic rings. The van der Waals surface area contributed by atoms with Crippen LogP contribution in [0.1, 0.15) is 25.8 Å². The van der Waals surface area contributed by atoms with E-state index in [4.69, 9.17) is 0 Å². The number of hydrogen-bond donors (Lipinski definition) is 2. The zero-order valence-electron chi connectivity index (χ0n) is 14.4. The van der Waals surface area contributed by atoms with Gasteiger partial charge in [-0.1, -0.05) is 38.5 Å². The van der Waals surface area contributed by atoms with Crippen molar-refractivity contribution in [3.05, 3.63) is 29.8 Å². The maximum absolute atomic E-state index is 12.7. The molecule has 132 valence electrons. The molecule has 3 amide bonds. The van der Waals surface area contributed by atoms with Crippen LogP contribution in [0.2, 0.25) is 0 Å². The van der Waals surface area contributed by atoms with Gasteiger partial charge in [0.05, 0.1) is 6.54 Å². The molecule has 3 atom stereocenters. The molecule has 0 radical (unpaired) electrons. The number of benzene rings is 1. The molecule has 1 aliphatic rings. The van der Waals surface area contributed by atoms with E-state index >= 15 is 0 Å². The van der Waals surface area contributed by atoms with Gasteiger partial charge in [0.25, 0.3) is 0 Å². The predicted molar refractivity (Wildman–Crippen MR) is 96.2 cm³/mol. The number of rotatable bonds is 5. The van der Waals surface area contributed by atoms with Crippen LogP contribution in [0.25, 0.3) is 0 Å².